The van der Waals surface area contributed by atoms with Gasteiger partial charge in [0.1, 0.15) is 5.82 Å². The van der Waals surface area contributed by atoms with E-state index < -0.39 is 0 Å². The summed E-state index contributed by atoms with van der Waals surface area (Å²) in [7, 11) is 1.94. The number of nitrogens with two attached hydrogens (primary N) is 1. The number of anilines is 1. The lowest BCUT2D eigenvalue weighted by molar-refractivity contribution is 0.593. The van der Waals surface area contributed by atoms with Gasteiger partial charge < -0.3 is 10.6 Å². The Bertz CT molecular complexity index is 382. The zero-order valence-electron chi connectivity index (χ0n) is 11.6. The second-order valence-electron chi connectivity index (χ2n) is 4.71. The number of thioether (sulfide) groups is 1. The van der Waals surface area contributed by atoms with Crippen LogP contribution in [-0.4, -0.2) is 25.1 Å². The highest BCUT2D eigenvalue weighted by Gasteiger charge is 2.19. The molecule has 0 aromatic heterocycles. The van der Waals surface area contributed by atoms with Gasteiger partial charge in [-0.15, -0.1) is 0 Å². The minimum atomic E-state index is -0.191. The van der Waals surface area contributed by atoms with Crippen molar-refractivity contribution in [2.75, 3.05) is 24.0 Å². The Hall–Kier alpha value is -0.740. The molecule has 18 heavy (non-hydrogen) atoms. The molecule has 0 bridgehead atoms. The van der Waals surface area contributed by atoms with Crippen LogP contribution >= 0.6 is 11.8 Å². The summed E-state index contributed by atoms with van der Waals surface area (Å²) in [5.74, 6) is 0.885. The normalized spacial score (nSPS) is 14.3. The average Bonchev–Trinajstić information content (AvgIpc) is 2.34. The Morgan fingerprint density at radius 2 is 2.06 bits per heavy atom. The van der Waals surface area contributed by atoms with Gasteiger partial charge in [-0.1, -0.05) is 12.1 Å². The molecular formula is C14H23FN2S. The molecule has 1 aromatic carbocycles. The molecule has 1 rings (SSSR count). The van der Waals surface area contributed by atoms with E-state index in [1.165, 1.54) is 6.07 Å². The van der Waals surface area contributed by atoms with Crippen molar-refractivity contribution >= 4 is 17.4 Å². The number of rotatable bonds is 6. The summed E-state index contributed by atoms with van der Waals surface area (Å²) >= 11 is 1.81. The summed E-state index contributed by atoms with van der Waals surface area (Å²) in [5, 5.41) is 0. The van der Waals surface area contributed by atoms with Crippen LogP contribution in [0.2, 0.25) is 0 Å². The summed E-state index contributed by atoms with van der Waals surface area (Å²) in [6.45, 7) is 4.01. The maximum absolute atomic E-state index is 14.0. The van der Waals surface area contributed by atoms with Crippen molar-refractivity contribution in [3.8, 4) is 0 Å². The van der Waals surface area contributed by atoms with Gasteiger partial charge in [0.2, 0.25) is 0 Å². The van der Waals surface area contributed by atoms with E-state index in [1.54, 1.807) is 6.07 Å². The molecule has 0 aliphatic rings. The number of benzene rings is 1. The zero-order valence-corrected chi connectivity index (χ0v) is 12.4. The van der Waals surface area contributed by atoms with Gasteiger partial charge in [-0.2, -0.15) is 11.8 Å². The minimum absolute atomic E-state index is 0.161. The van der Waals surface area contributed by atoms with Crippen LogP contribution in [0.3, 0.4) is 0 Å². The van der Waals surface area contributed by atoms with E-state index in [1.807, 2.05) is 36.7 Å². The lowest BCUT2D eigenvalue weighted by Gasteiger charge is -2.30. The van der Waals surface area contributed by atoms with Gasteiger partial charge in [-0.25, -0.2) is 4.39 Å². The molecule has 0 saturated carbocycles. The molecule has 4 heteroatoms. The molecule has 0 radical (unpaired) electrons. The molecule has 2 N–H and O–H groups in total. The number of halogens is 1. The molecule has 0 saturated heterocycles. The van der Waals surface area contributed by atoms with Gasteiger partial charge in [0.15, 0.2) is 0 Å². The van der Waals surface area contributed by atoms with Crippen LogP contribution in [0.5, 0.6) is 0 Å². The molecule has 2 atom stereocenters. The lowest BCUT2D eigenvalue weighted by Crippen LogP contribution is -2.31. The Labute approximate surface area is 114 Å². The fourth-order valence-electron chi connectivity index (χ4n) is 1.97. The van der Waals surface area contributed by atoms with Crippen molar-refractivity contribution in [3.63, 3.8) is 0 Å². The number of hydrogen-bond acceptors (Lipinski definition) is 3. The van der Waals surface area contributed by atoms with E-state index in [0.29, 0.717) is 11.7 Å². The Kier molecular flexibility index (Phi) is 5.96. The van der Waals surface area contributed by atoms with Crippen LogP contribution in [0.25, 0.3) is 0 Å². The highest BCUT2D eigenvalue weighted by Crippen LogP contribution is 2.29. The SMILES string of the molecule is CSCCC(C)N(C)c1c(F)cccc1[C@@H](C)N. The highest BCUT2D eigenvalue weighted by molar-refractivity contribution is 7.98. The third-order valence-corrected chi connectivity index (χ3v) is 3.91. The first kappa shape index (κ1) is 15.3. The van der Waals surface area contributed by atoms with Gasteiger partial charge in [0.05, 0.1) is 5.69 Å². The van der Waals surface area contributed by atoms with Gasteiger partial charge in [-0.3, -0.25) is 0 Å². The second kappa shape index (κ2) is 7.00. The first-order chi connectivity index (χ1) is 8.49. The highest BCUT2D eigenvalue weighted by atomic mass is 32.2. The van der Waals surface area contributed by atoms with Crippen LogP contribution in [0.15, 0.2) is 18.2 Å². The summed E-state index contributed by atoms with van der Waals surface area (Å²) in [6.07, 6.45) is 3.12. The fraction of sp³-hybridized carbons (Fsp3) is 0.571. The second-order valence-corrected chi connectivity index (χ2v) is 5.69. The molecular weight excluding hydrogens is 247 g/mol. The third-order valence-electron chi connectivity index (χ3n) is 3.26. The van der Waals surface area contributed by atoms with Crippen LogP contribution in [0, 0.1) is 5.82 Å². The van der Waals surface area contributed by atoms with E-state index in [4.69, 9.17) is 5.73 Å². The quantitative estimate of drug-likeness (QED) is 0.859. The zero-order chi connectivity index (χ0) is 13.7. The van der Waals surface area contributed by atoms with Crippen LogP contribution in [0.1, 0.15) is 31.9 Å². The third kappa shape index (κ3) is 3.62. The summed E-state index contributed by atoms with van der Waals surface area (Å²) in [5.41, 5.74) is 7.43. The molecule has 0 amide bonds. The maximum atomic E-state index is 14.0. The molecule has 1 aromatic rings. The molecule has 1 unspecified atom stereocenters. The summed E-state index contributed by atoms with van der Waals surface area (Å²) in [6, 6.07) is 5.26. The first-order valence-electron chi connectivity index (χ1n) is 6.24. The summed E-state index contributed by atoms with van der Waals surface area (Å²) < 4.78 is 14.0. The number of para-hydroxylation sites is 1. The average molecular weight is 270 g/mol. The topological polar surface area (TPSA) is 29.3 Å². The van der Waals surface area contributed by atoms with E-state index in [0.717, 1.165) is 17.7 Å². The van der Waals surface area contributed by atoms with Crippen LogP contribution in [-0.2, 0) is 0 Å². The van der Waals surface area contributed by atoms with Crippen molar-refractivity contribution < 1.29 is 4.39 Å². The van der Waals surface area contributed by atoms with Gasteiger partial charge in [0, 0.05) is 19.1 Å². The van der Waals surface area contributed by atoms with E-state index in [9.17, 15) is 4.39 Å². The monoisotopic (exact) mass is 270 g/mol. The van der Waals surface area contributed by atoms with E-state index in [-0.39, 0.29) is 11.9 Å². The minimum Gasteiger partial charge on any atom is -0.369 e. The molecule has 0 spiro atoms. The van der Waals surface area contributed by atoms with Gasteiger partial charge in [-0.05, 0) is 43.9 Å². The molecule has 102 valence electrons. The molecule has 0 fully saturated rings. The Balaban J connectivity index is 3.00. The molecule has 2 nitrogen and oxygen atoms in total. The largest absolute Gasteiger partial charge is 0.369 e. The van der Waals surface area contributed by atoms with Crippen molar-refractivity contribution in [3.05, 3.63) is 29.6 Å². The molecule has 0 heterocycles. The maximum Gasteiger partial charge on any atom is 0.146 e. The van der Waals surface area contributed by atoms with Crippen LogP contribution < -0.4 is 10.6 Å². The number of hydrogen-bond donors (Lipinski definition) is 1. The van der Waals surface area contributed by atoms with Crippen molar-refractivity contribution in [1.82, 2.24) is 0 Å². The lowest BCUT2D eigenvalue weighted by atomic mass is 10.0. The predicted octanol–water partition coefficient (Wildman–Crippen LogP) is 3.42. The van der Waals surface area contributed by atoms with Gasteiger partial charge in [0.25, 0.3) is 0 Å². The first-order valence-corrected chi connectivity index (χ1v) is 7.64. The van der Waals surface area contributed by atoms with Crippen molar-refractivity contribution in [1.29, 1.82) is 0 Å². The Morgan fingerprint density at radius 1 is 1.39 bits per heavy atom. The predicted molar refractivity (Wildman–Crippen MR) is 79.9 cm³/mol. The van der Waals surface area contributed by atoms with Crippen LogP contribution in [0.4, 0.5) is 10.1 Å². The standard InChI is InChI=1S/C14H23FN2S/c1-10(8-9-18-4)17(3)14-12(11(2)16)6-5-7-13(14)15/h5-7,10-11H,8-9,16H2,1-4H3/t10?,11-/m1/s1. The summed E-state index contributed by atoms with van der Waals surface area (Å²) in [4.78, 5) is 2.00. The van der Waals surface area contributed by atoms with Gasteiger partial charge >= 0.3 is 0 Å². The molecule has 0 aliphatic carbocycles. The Morgan fingerprint density at radius 3 is 2.61 bits per heavy atom. The van der Waals surface area contributed by atoms with E-state index in [2.05, 4.69) is 13.2 Å². The van der Waals surface area contributed by atoms with Crippen molar-refractivity contribution in [2.45, 2.75) is 32.4 Å². The van der Waals surface area contributed by atoms with E-state index >= 15 is 0 Å². The smallest absolute Gasteiger partial charge is 0.146 e. The fourth-order valence-corrected chi connectivity index (χ4v) is 2.55. The van der Waals surface area contributed by atoms with Crippen molar-refractivity contribution in [2.24, 2.45) is 5.73 Å². The molecule has 0 aliphatic heterocycles. The number of nitrogens with zero attached hydrogens (tertiary/aromatic N) is 1.